The van der Waals surface area contributed by atoms with Crippen molar-refractivity contribution in [3.05, 3.63) is 77.2 Å². The van der Waals surface area contributed by atoms with Crippen LogP contribution in [0.3, 0.4) is 0 Å². The Balaban J connectivity index is 1.47. The molecule has 1 amide bonds. The Morgan fingerprint density at radius 2 is 1.95 bits per heavy atom. The van der Waals surface area contributed by atoms with Gasteiger partial charge in [-0.05, 0) is 86.7 Å². The highest BCUT2D eigenvalue weighted by Gasteiger charge is 2.33. The van der Waals surface area contributed by atoms with Crippen LogP contribution >= 0.6 is 11.3 Å². The van der Waals surface area contributed by atoms with Gasteiger partial charge >= 0.3 is 0 Å². The number of hydrogen-bond donors (Lipinski definition) is 0. The van der Waals surface area contributed by atoms with Crippen LogP contribution in [0.5, 0.6) is 0 Å². The molecule has 0 aliphatic carbocycles. The van der Waals surface area contributed by atoms with Crippen LogP contribution in [0, 0.1) is 13.8 Å². The van der Waals surface area contributed by atoms with Gasteiger partial charge in [-0.3, -0.25) is 9.69 Å². The van der Waals surface area contributed by atoms with Gasteiger partial charge in [-0.25, -0.2) is 13.4 Å². The van der Waals surface area contributed by atoms with Gasteiger partial charge in [0, 0.05) is 18.2 Å². The van der Waals surface area contributed by atoms with E-state index in [0.717, 1.165) is 47.0 Å². The van der Waals surface area contributed by atoms with Gasteiger partial charge in [0.15, 0.2) is 5.13 Å². The number of hydrogen-bond acceptors (Lipinski definition) is 6. The largest absolute Gasteiger partial charge is 0.467 e. The van der Waals surface area contributed by atoms with Gasteiger partial charge in [0.1, 0.15) is 5.76 Å². The highest BCUT2D eigenvalue weighted by Crippen LogP contribution is 2.34. The molecule has 1 saturated heterocycles. The number of aromatic nitrogens is 1. The van der Waals surface area contributed by atoms with Crippen molar-refractivity contribution in [3.8, 4) is 0 Å². The molecule has 5 rings (SSSR count). The summed E-state index contributed by atoms with van der Waals surface area (Å²) < 4.78 is 34.9. The molecule has 1 aliphatic rings. The lowest BCUT2D eigenvalue weighted by Gasteiger charge is -2.34. The van der Waals surface area contributed by atoms with E-state index in [9.17, 15) is 13.2 Å². The van der Waals surface area contributed by atoms with E-state index in [-0.39, 0.29) is 23.4 Å². The summed E-state index contributed by atoms with van der Waals surface area (Å²) in [6.07, 6.45) is 5.17. The molecule has 0 spiro atoms. The SMILES string of the molecule is CCC1CCCCN1S(=O)(=O)c1ccc(C(=O)N(Cc2ccco2)c2nc3cc(C)cc(C)c3s2)cc1. The number of sulfonamides is 1. The molecule has 0 saturated carbocycles. The fourth-order valence-corrected chi connectivity index (χ4v) is 7.80. The topological polar surface area (TPSA) is 83.7 Å². The van der Waals surface area contributed by atoms with Gasteiger partial charge in [0.05, 0.1) is 27.9 Å². The molecule has 3 heterocycles. The minimum absolute atomic E-state index is 0.0231. The Morgan fingerprint density at radius 1 is 1.16 bits per heavy atom. The van der Waals surface area contributed by atoms with Crippen LogP contribution in [-0.2, 0) is 16.6 Å². The number of aryl methyl sites for hydroxylation is 2. The van der Waals surface area contributed by atoms with Crippen LogP contribution in [0.2, 0.25) is 0 Å². The zero-order valence-electron chi connectivity index (χ0n) is 21.3. The lowest BCUT2D eigenvalue weighted by atomic mass is 10.0. The van der Waals surface area contributed by atoms with E-state index in [1.807, 2.05) is 32.9 Å². The maximum Gasteiger partial charge on any atom is 0.260 e. The first-order chi connectivity index (χ1) is 17.8. The minimum Gasteiger partial charge on any atom is -0.467 e. The first-order valence-corrected chi connectivity index (χ1v) is 14.9. The molecule has 9 heteroatoms. The van der Waals surface area contributed by atoms with Crippen LogP contribution in [-0.4, -0.2) is 36.2 Å². The van der Waals surface area contributed by atoms with Crippen molar-refractivity contribution in [2.24, 2.45) is 0 Å². The molecule has 7 nitrogen and oxygen atoms in total. The lowest BCUT2D eigenvalue weighted by molar-refractivity contribution is 0.0983. The van der Waals surface area contributed by atoms with Crippen molar-refractivity contribution in [1.82, 2.24) is 9.29 Å². The number of amides is 1. The normalized spacial score (nSPS) is 16.8. The third-order valence-corrected chi connectivity index (χ3v) is 10.1. The zero-order valence-corrected chi connectivity index (χ0v) is 22.9. The maximum atomic E-state index is 13.8. The monoisotopic (exact) mass is 537 g/mol. The standard InChI is InChI=1S/C28H31N3O4S2/c1-4-22-8-5-6-14-31(22)37(33,34)24-12-10-21(11-13-24)27(32)30(18-23-9-7-15-35-23)28-29-25-17-19(2)16-20(3)26(25)36-28/h7,9-13,15-17,22H,4-6,8,14,18H2,1-3H3. The highest BCUT2D eigenvalue weighted by atomic mass is 32.2. The van der Waals surface area contributed by atoms with Crippen molar-refractivity contribution < 1.29 is 17.6 Å². The summed E-state index contributed by atoms with van der Waals surface area (Å²) in [6, 6.07) is 14.0. The highest BCUT2D eigenvalue weighted by molar-refractivity contribution is 7.89. The molecule has 2 aromatic heterocycles. The molecule has 1 aliphatic heterocycles. The molecule has 0 N–H and O–H groups in total. The van der Waals surface area contributed by atoms with Gasteiger partial charge < -0.3 is 4.42 Å². The molecular weight excluding hydrogens is 506 g/mol. The van der Waals surface area contributed by atoms with E-state index >= 15 is 0 Å². The van der Waals surface area contributed by atoms with Gasteiger partial charge in [-0.1, -0.05) is 30.7 Å². The average Bonchev–Trinajstić information content (AvgIpc) is 3.57. The van der Waals surface area contributed by atoms with Gasteiger partial charge in [-0.15, -0.1) is 0 Å². The van der Waals surface area contributed by atoms with Crippen LogP contribution in [0.1, 0.15) is 59.9 Å². The molecule has 1 unspecified atom stereocenters. The Labute approximate surface area is 221 Å². The Bertz CT molecular complexity index is 1510. The first-order valence-electron chi connectivity index (χ1n) is 12.6. The Kier molecular flexibility index (Phi) is 7.20. The number of rotatable bonds is 7. The van der Waals surface area contributed by atoms with Crippen LogP contribution in [0.15, 0.2) is 64.1 Å². The Hall–Kier alpha value is -3.01. The first kappa shape index (κ1) is 25.6. The summed E-state index contributed by atoms with van der Waals surface area (Å²) >= 11 is 1.46. The van der Waals surface area contributed by atoms with Gasteiger partial charge in [-0.2, -0.15) is 4.31 Å². The lowest BCUT2D eigenvalue weighted by Crippen LogP contribution is -2.43. The number of furan rings is 1. The molecule has 4 aromatic rings. The maximum absolute atomic E-state index is 13.8. The summed E-state index contributed by atoms with van der Waals surface area (Å²) in [5.74, 6) is 0.369. The van der Waals surface area contributed by atoms with E-state index in [4.69, 9.17) is 9.40 Å². The van der Waals surface area contributed by atoms with Crippen LogP contribution < -0.4 is 4.90 Å². The fraction of sp³-hybridized carbons (Fsp3) is 0.357. The van der Waals surface area contributed by atoms with E-state index in [1.54, 1.807) is 45.8 Å². The summed E-state index contributed by atoms with van der Waals surface area (Å²) in [7, 11) is -3.62. The summed E-state index contributed by atoms with van der Waals surface area (Å²) in [6.45, 7) is 6.85. The van der Waals surface area contributed by atoms with Crippen molar-refractivity contribution in [2.45, 2.75) is 63.9 Å². The molecule has 0 radical (unpaired) electrons. The molecule has 1 fully saturated rings. The number of carbonyl (C=O) groups excluding carboxylic acids is 1. The van der Waals surface area contributed by atoms with Crippen LogP contribution in [0.4, 0.5) is 5.13 Å². The second-order valence-electron chi connectivity index (χ2n) is 9.60. The minimum atomic E-state index is -3.62. The number of piperidine rings is 1. The van der Waals surface area contributed by atoms with E-state index in [2.05, 4.69) is 6.07 Å². The quantitative estimate of drug-likeness (QED) is 0.276. The summed E-state index contributed by atoms with van der Waals surface area (Å²) in [5.41, 5.74) is 3.47. The van der Waals surface area contributed by atoms with E-state index in [1.165, 1.54) is 11.3 Å². The summed E-state index contributed by atoms with van der Waals surface area (Å²) in [5, 5.41) is 0.570. The molecule has 37 heavy (non-hydrogen) atoms. The number of anilines is 1. The number of nitrogens with zero attached hydrogens (tertiary/aromatic N) is 3. The third-order valence-electron chi connectivity index (χ3n) is 6.93. The Morgan fingerprint density at radius 3 is 2.65 bits per heavy atom. The van der Waals surface area contributed by atoms with Crippen molar-refractivity contribution >= 4 is 42.6 Å². The average molecular weight is 538 g/mol. The van der Waals surface area contributed by atoms with Crippen molar-refractivity contribution in [1.29, 1.82) is 0 Å². The fourth-order valence-electron chi connectivity index (χ4n) is 5.02. The van der Waals surface area contributed by atoms with Crippen LogP contribution in [0.25, 0.3) is 10.2 Å². The number of carbonyl (C=O) groups is 1. The number of fused-ring (bicyclic) bond motifs is 1. The van der Waals surface area contributed by atoms with E-state index in [0.29, 0.717) is 23.0 Å². The second kappa shape index (κ2) is 10.4. The second-order valence-corrected chi connectivity index (χ2v) is 12.5. The van der Waals surface area contributed by atoms with Crippen molar-refractivity contribution in [2.75, 3.05) is 11.4 Å². The molecule has 1 atom stereocenters. The van der Waals surface area contributed by atoms with Gasteiger partial charge in [0.25, 0.3) is 5.91 Å². The molecule has 0 bridgehead atoms. The molecule has 2 aromatic carbocycles. The predicted octanol–water partition coefficient (Wildman–Crippen LogP) is 6.31. The molecular formula is C28H31N3O4S2. The van der Waals surface area contributed by atoms with Crippen molar-refractivity contribution in [3.63, 3.8) is 0 Å². The zero-order chi connectivity index (χ0) is 26.2. The van der Waals surface area contributed by atoms with E-state index < -0.39 is 10.0 Å². The smallest absolute Gasteiger partial charge is 0.260 e. The summed E-state index contributed by atoms with van der Waals surface area (Å²) in [4.78, 5) is 20.3. The predicted molar refractivity (Wildman–Crippen MR) is 147 cm³/mol. The number of benzene rings is 2. The number of thiazole rings is 1. The van der Waals surface area contributed by atoms with Gasteiger partial charge in [0.2, 0.25) is 10.0 Å². The third kappa shape index (κ3) is 5.08. The molecule has 194 valence electrons.